The number of allylic oxidation sites excluding steroid dienone is 2. The molecule has 28 heavy (non-hydrogen) atoms. The molecule has 0 aromatic rings. The number of ether oxygens (including phenoxy) is 1. The molecule has 156 valence electrons. The van der Waals surface area contributed by atoms with E-state index in [4.69, 9.17) is 4.74 Å². The van der Waals surface area contributed by atoms with Crippen LogP contribution in [0.25, 0.3) is 0 Å². The minimum atomic E-state index is -0.0797. The van der Waals surface area contributed by atoms with Gasteiger partial charge >= 0.3 is 5.97 Å². The van der Waals surface area contributed by atoms with Crippen molar-refractivity contribution in [2.75, 3.05) is 7.11 Å². The average molecular weight is 387 g/mol. The molecule has 0 unspecified atom stereocenters. The van der Waals surface area contributed by atoms with Crippen molar-refractivity contribution in [3.8, 4) is 0 Å². The first-order chi connectivity index (χ1) is 13.3. The minimum absolute atomic E-state index is 0.0797. The highest BCUT2D eigenvalue weighted by Crippen LogP contribution is 2.65. The number of rotatable bonds is 4. The molecule has 3 nitrogen and oxygen atoms in total. The zero-order valence-corrected chi connectivity index (χ0v) is 18.2. The summed E-state index contributed by atoms with van der Waals surface area (Å²) in [4.78, 5) is 23.7. The van der Waals surface area contributed by atoms with Crippen molar-refractivity contribution in [2.24, 2.45) is 46.3 Å². The summed E-state index contributed by atoms with van der Waals surface area (Å²) in [5.74, 6) is 4.43. The third kappa shape index (κ3) is 3.08. The van der Waals surface area contributed by atoms with Gasteiger partial charge in [-0.3, -0.25) is 9.59 Å². The zero-order chi connectivity index (χ0) is 20.1. The third-order valence-corrected chi connectivity index (χ3v) is 9.70. The molecule has 8 atom stereocenters. The van der Waals surface area contributed by atoms with Crippen LogP contribution in [0.5, 0.6) is 0 Å². The quantitative estimate of drug-likeness (QED) is 0.468. The van der Waals surface area contributed by atoms with Crippen molar-refractivity contribution < 1.29 is 14.3 Å². The van der Waals surface area contributed by atoms with Crippen molar-refractivity contribution in [1.82, 2.24) is 0 Å². The maximum absolute atomic E-state index is 12.1. The lowest BCUT2D eigenvalue weighted by molar-refractivity contribution is -0.141. The maximum atomic E-state index is 12.1. The smallest absolute Gasteiger partial charge is 0.305 e. The van der Waals surface area contributed by atoms with Gasteiger partial charge < -0.3 is 4.74 Å². The van der Waals surface area contributed by atoms with Gasteiger partial charge in [0, 0.05) is 19.3 Å². The number of fused-ring (bicyclic) bond motifs is 5. The standard InChI is InChI=1S/C25H38O3/c1-16(5-10-23(27)28-4)20-8-9-21-19-7-6-17-15-18(26)11-13-24(17,2)22(19)12-14-25(20,21)3/h12,14,16-17,19-22H,5-11,13,15H2,1-4H3/t16-,17+,19-,20+,21-,22-,24+,25-/m1/s1. The second kappa shape index (κ2) is 7.29. The molecular formula is C25H38O3. The van der Waals surface area contributed by atoms with Crippen LogP contribution in [0.4, 0.5) is 0 Å². The summed E-state index contributed by atoms with van der Waals surface area (Å²) in [5, 5.41) is 0. The van der Waals surface area contributed by atoms with Crippen LogP contribution in [-0.4, -0.2) is 18.9 Å². The summed E-state index contributed by atoms with van der Waals surface area (Å²) in [6, 6.07) is 0. The number of carbonyl (C=O) groups excluding carboxylic acids is 2. The fraction of sp³-hybridized carbons (Fsp3) is 0.840. The highest BCUT2D eigenvalue weighted by Gasteiger charge is 2.58. The molecule has 0 N–H and O–H groups in total. The summed E-state index contributed by atoms with van der Waals surface area (Å²) >= 11 is 0. The number of hydrogen-bond acceptors (Lipinski definition) is 3. The minimum Gasteiger partial charge on any atom is -0.469 e. The molecule has 0 heterocycles. The van der Waals surface area contributed by atoms with Gasteiger partial charge in [-0.25, -0.2) is 0 Å². The van der Waals surface area contributed by atoms with Crippen molar-refractivity contribution >= 4 is 11.8 Å². The molecule has 0 bridgehead atoms. The Morgan fingerprint density at radius 3 is 2.79 bits per heavy atom. The van der Waals surface area contributed by atoms with Crippen LogP contribution in [0.2, 0.25) is 0 Å². The van der Waals surface area contributed by atoms with Gasteiger partial charge in [0.15, 0.2) is 0 Å². The van der Waals surface area contributed by atoms with Gasteiger partial charge in [-0.15, -0.1) is 0 Å². The topological polar surface area (TPSA) is 43.4 Å². The lowest BCUT2D eigenvalue weighted by atomic mass is 9.46. The molecule has 0 aromatic heterocycles. The first-order valence-electron chi connectivity index (χ1n) is 11.6. The highest BCUT2D eigenvalue weighted by molar-refractivity contribution is 5.79. The molecule has 0 amide bonds. The Bertz CT molecular complexity index is 667. The Morgan fingerprint density at radius 2 is 2.04 bits per heavy atom. The number of hydrogen-bond donors (Lipinski definition) is 0. The zero-order valence-electron chi connectivity index (χ0n) is 18.2. The number of methoxy groups -OCH3 is 1. The van der Waals surface area contributed by atoms with Crippen molar-refractivity contribution in [2.45, 2.75) is 78.6 Å². The fourth-order valence-corrected chi connectivity index (χ4v) is 8.01. The van der Waals surface area contributed by atoms with Gasteiger partial charge in [0.1, 0.15) is 5.78 Å². The monoisotopic (exact) mass is 386 g/mol. The molecule has 3 heteroatoms. The van der Waals surface area contributed by atoms with Crippen LogP contribution in [0.1, 0.15) is 78.6 Å². The first-order valence-corrected chi connectivity index (χ1v) is 11.6. The number of Topliss-reactive ketones (excluding diaryl/α,β-unsaturated/α-hetero) is 1. The Labute approximate surface area is 170 Å². The molecule has 0 saturated heterocycles. The number of esters is 1. The Morgan fingerprint density at radius 1 is 1.25 bits per heavy atom. The molecule has 0 radical (unpaired) electrons. The van der Waals surface area contributed by atoms with E-state index in [-0.39, 0.29) is 11.4 Å². The Hall–Kier alpha value is -1.12. The number of carbonyl (C=O) groups is 2. The summed E-state index contributed by atoms with van der Waals surface area (Å²) in [6.07, 6.45) is 14.5. The van der Waals surface area contributed by atoms with Gasteiger partial charge in [-0.2, -0.15) is 0 Å². The summed E-state index contributed by atoms with van der Waals surface area (Å²) in [6.45, 7) is 7.32. The van der Waals surface area contributed by atoms with E-state index in [1.165, 1.54) is 32.8 Å². The maximum Gasteiger partial charge on any atom is 0.305 e. The van der Waals surface area contributed by atoms with Crippen LogP contribution >= 0.6 is 0 Å². The highest BCUT2D eigenvalue weighted by atomic mass is 16.5. The molecule has 4 rings (SSSR count). The van der Waals surface area contributed by atoms with Gasteiger partial charge in [0.2, 0.25) is 0 Å². The van der Waals surface area contributed by atoms with Gasteiger partial charge in [-0.1, -0.05) is 32.9 Å². The van der Waals surface area contributed by atoms with E-state index in [1.807, 2.05) is 0 Å². The van der Waals surface area contributed by atoms with Crippen LogP contribution in [0.15, 0.2) is 12.2 Å². The molecule has 0 aromatic carbocycles. The van der Waals surface area contributed by atoms with Crippen LogP contribution in [0.3, 0.4) is 0 Å². The summed E-state index contributed by atoms with van der Waals surface area (Å²) in [7, 11) is 1.49. The Kier molecular flexibility index (Phi) is 5.25. The molecule has 4 aliphatic carbocycles. The van der Waals surface area contributed by atoms with E-state index in [1.54, 1.807) is 0 Å². The predicted molar refractivity (Wildman–Crippen MR) is 111 cm³/mol. The molecule has 3 fully saturated rings. The normalized spacial score (nSPS) is 45.7. The lowest BCUT2D eigenvalue weighted by Crippen LogP contribution is -2.51. The van der Waals surface area contributed by atoms with Crippen molar-refractivity contribution in [1.29, 1.82) is 0 Å². The third-order valence-electron chi connectivity index (χ3n) is 9.70. The predicted octanol–water partition coefficient (Wildman–Crippen LogP) is 5.58. The van der Waals surface area contributed by atoms with Crippen molar-refractivity contribution in [3.05, 3.63) is 12.2 Å². The van der Waals surface area contributed by atoms with Gasteiger partial charge in [-0.05, 0) is 84.9 Å². The van der Waals surface area contributed by atoms with E-state index in [9.17, 15) is 9.59 Å². The lowest BCUT2D eigenvalue weighted by Gasteiger charge is -2.58. The second-order valence-electron chi connectivity index (χ2n) is 10.8. The van der Waals surface area contributed by atoms with E-state index in [2.05, 4.69) is 32.9 Å². The summed E-state index contributed by atoms with van der Waals surface area (Å²) < 4.78 is 4.86. The van der Waals surface area contributed by atoms with Crippen LogP contribution in [-0.2, 0) is 14.3 Å². The molecule has 0 spiro atoms. The van der Waals surface area contributed by atoms with E-state index >= 15 is 0 Å². The SMILES string of the molecule is COC(=O)CC[C@@H](C)[C@@H]1CC[C@@H]2[C@H]3CC[C@H]4CC(=O)CC[C@]4(C)[C@@H]3C=C[C@@]21C. The summed E-state index contributed by atoms with van der Waals surface area (Å²) in [5.41, 5.74) is 0.591. The van der Waals surface area contributed by atoms with Crippen LogP contribution < -0.4 is 0 Å². The molecular weight excluding hydrogens is 348 g/mol. The van der Waals surface area contributed by atoms with Gasteiger partial charge in [0.25, 0.3) is 0 Å². The van der Waals surface area contributed by atoms with E-state index < -0.39 is 0 Å². The van der Waals surface area contributed by atoms with E-state index in [0.717, 1.165) is 37.5 Å². The molecule has 3 saturated carbocycles. The average Bonchev–Trinajstić information content (AvgIpc) is 3.03. The Balaban J connectivity index is 1.54. The fourth-order valence-electron chi connectivity index (χ4n) is 8.01. The van der Waals surface area contributed by atoms with Gasteiger partial charge in [0.05, 0.1) is 7.11 Å². The second-order valence-corrected chi connectivity index (χ2v) is 10.8. The van der Waals surface area contributed by atoms with Crippen molar-refractivity contribution in [3.63, 3.8) is 0 Å². The van der Waals surface area contributed by atoms with E-state index in [0.29, 0.717) is 41.3 Å². The molecule has 4 aliphatic rings. The first kappa shape index (κ1) is 20.2. The van der Waals surface area contributed by atoms with Crippen LogP contribution in [0, 0.1) is 46.3 Å². The molecule has 0 aliphatic heterocycles. The largest absolute Gasteiger partial charge is 0.469 e. The number of ketones is 1.